The summed E-state index contributed by atoms with van der Waals surface area (Å²) in [7, 11) is 0. The highest BCUT2D eigenvalue weighted by Gasteiger charge is 2.30. The number of aliphatic hydroxyl groups excluding tert-OH is 1. The van der Waals surface area contributed by atoms with Gasteiger partial charge >= 0.3 is 0 Å². The molecule has 2 rings (SSSR count). The first-order chi connectivity index (χ1) is 7.65. The first-order valence-electron chi connectivity index (χ1n) is 6.34. The van der Waals surface area contributed by atoms with E-state index in [-0.39, 0.29) is 12.0 Å². The van der Waals surface area contributed by atoms with E-state index in [9.17, 15) is 9.90 Å². The van der Waals surface area contributed by atoms with E-state index in [0.29, 0.717) is 12.1 Å². The van der Waals surface area contributed by atoms with Gasteiger partial charge < -0.3 is 10.4 Å². The highest BCUT2D eigenvalue weighted by Crippen LogP contribution is 2.25. The highest BCUT2D eigenvalue weighted by atomic mass is 16.3. The van der Waals surface area contributed by atoms with Crippen molar-refractivity contribution < 1.29 is 9.90 Å². The molecule has 0 aromatic rings. The second-order valence-corrected chi connectivity index (χ2v) is 5.14. The van der Waals surface area contributed by atoms with Crippen LogP contribution in [0.4, 0.5) is 0 Å². The molecule has 1 aliphatic carbocycles. The fourth-order valence-corrected chi connectivity index (χ4v) is 2.95. The van der Waals surface area contributed by atoms with Crippen LogP contribution in [0.2, 0.25) is 0 Å². The fourth-order valence-electron chi connectivity index (χ4n) is 2.95. The van der Waals surface area contributed by atoms with Crippen molar-refractivity contribution >= 4 is 5.91 Å². The molecule has 0 bridgehead atoms. The lowest BCUT2D eigenvalue weighted by Crippen LogP contribution is -2.41. The minimum Gasteiger partial charge on any atom is -0.393 e. The third kappa shape index (κ3) is 2.95. The zero-order valence-corrected chi connectivity index (χ0v) is 9.98. The zero-order chi connectivity index (χ0) is 11.5. The molecule has 1 saturated heterocycles. The lowest BCUT2D eigenvalue weighted by atomic mass is 9.92. The van der Waals surface area contributed by atoms with Gasteiger partial charge in [0.05, 0.1) is 6.10 Å². The van der Waals surface area contributed by atoms with Gasteiger partial charge in [0.2, 0.25) is 5.91 Å². The Labute approximate surface area is 97.0 Å². The van der Waals surface area contributed by atoms with Crippen LogP contribution in [0.15, 0.2) is 0 Å². The number of aliphatic hydroxyl groups is 1. The SMILES string of the molecule is CC(=O)NC1CCN(C2CCC(O)CC2)C1. The van der Waals surface area contributed by atoms with Crippen LogP contribution in [-0.4, -0.2) is 47.2 Å². The van der Waals surface area contributed by atoms with Crippen LogP contribution in [0.3, 0.4) is 0 Å². The average molecular weight is 226 g/mol. The van der Waals surface area contributed by atoms with E-state index >= 15 is 0 Å². The molecule has 4 nitrogen and oxygen atoms in total. The Kier molecular flexibility index (Phi) is 3.82. The summed E-state index contributed by atoms with van der Waals surface area (Å²) in [5.74, 6) is 0.0749. The van der Waals surface area contributed by atoms with Crippen LogP contribution in [-0.2, 0) is 4.79 Å². The molecule has 1 saturated carbocycles. The minimum absolute atomic E-state index is 0.0749. The fraction of sp³-hybridized carbons (Fsp3) is 0.917. The summed E-state index contributed by atoms with van der Waals surface area (Å²) in [6, 6.07) is 0.964. The number of likely N-dealkylation sites (tertiary alicyclic amines) is 1. The molecule has 2 aliphatic rings. The lowest BCUT2D eigenvalue weighted by molar-refractivity contribution is -0.119. The molecule has 1 atom stereocenters. The number of carbonyl (C=O) groups excluding carboxylic acids is 1. The number of amides is 1. The van der Waals surface area contributed by atoms with Gasteiger partial charge in [0.15, 0.2) is 0 Å². The molecule has 0 radical (unpaired) electrons. The van der Waals surface area contributed by atoms with E-state index in [1.54, 1.807) is 6.92 Å². The molecular formula is C12H22N2O2. The monoisotopic (exact) mass is 226 g/mol. The first-order valence-corrected chi connectivity index (χ1v) is 6.34. The Morgan fingerprint density at radius 3 is 2.56 bits per heavy atom. The summed E-state index contributed by atoms with van der Waals surface area (Å²) in [5, 5.41) is 12.5. The average Bonchev–Trinajstić information content (AvgIpc) is 2.66. The van der Waals surface area contributed by atoms with E-state index in [1.165, 1.54) is 0 Å². The van der Waals surface area contributed by atoms with Crippen molar-refractivity contribution in [3.8, 4) is 0 Å². The second kappa shape index (κ2) is 5.15. The van der Waals surface area contributed by atoms with Gasteiger partial charge in [-0.15, -0.1) is 0 Å². The molecule has 1 aliphatic heterocycles. The molecule has 1 amide bonds. The number of nitrogens with one attached hydrogen (secondary N) is 1. The normalized spacial score (nSPS) is 36.2. The Bertz CT molecular complexity index is 249. The van der Waals surface area contributed by atoms with Gasteiger partial charge in [-0.3, -0.25) is 9.69 Å². The van der Waals surface area contributed by atoms with Crippen LogP contribution in [0.25, 0.3) is 0 Å². The summed E-state index contributed by atoms with van der Waals surface area (Å²) in [4.78, 5) is 13.4. The molecule has 1 unspecified atom stereocenters. The van der Waals surface area contributed by atoms with Gasteiger partial charge in [-0.1, -0.05) is 0 Å². The van der Waals surface area contributed by atoms with Crippen LogP contribution >= 0.6 is 0 Å². The molecular weight excluding hydrogens is 204 g/mol. The van der Waals surface area contributed by atoms with Gasteiger partial charge in [-0.05, 0) is 32.1 Å². The van der Waals surface area contributed by atoms with Crippen LogP contribution in [0.5, 0.6) is 0 Å². The molecule has 16 heavy (non-hydrogen) atoms. The highest BCUT2D eigenvalue weighted by molar-refractivity contribution is 5.73. The largest absolute Gasteiger partial charge is 0.393 e. The van der Waals surface area contributed by atoms with E-state index in [0.717, 1.165) is 45.2 Å². The zero-order valence-electron chi connectivity index (χ0n) is 9.98. The summed E-state index contributed by atoms with van der Waals surface area (Å²) < 4.78 is 0. The van der Waals surface area contributed by atoms with Gasteiger partial charge in [0.1, 0.15) is 0 Å². The van der Waals surface area contributed by atoms with E-state index in [4.69, 9.17) is 0 Å². The van der Waals surface area contributed by atoms with Gasteiger partial charge in [-0.2, -0.15) is 0 Å². The molecule has 2 fully saturated rings. The number of hydrogen-bond donors (Lipinski definition) is 2. The Morgan fingerprint density at radius 1 is 1.25 bits per heavy atom. The van der Waals surface area contributed by atoms with Crippen molar-refractivity contribution in [2.75, 3.05) is 13.1 Å². The minimum atomic E-state index is -0.0787. The van der Waals surface area contributed by atoms with Crippen LogP contribution in [0, 0.1) is 0 Å². The molecule has 2 N–H and O–H groups in total. The Balaban J connectivity index is 1.77. The number of hydrogen-bond acceptors (Lipinski definition) is 3. The van der Waals surface area contributed by atoms with E-state index < -0.39 is 0 Å². The number of carbonyl (C=O) groups is 1. The summed E-state index contributed by atoms with van der Waals surface area (Å²) in [6.07, 6.45) is 5.07. The number of nitrogens with zero attached hydrogens (tertiary/aromatic N) is 1. The molecule has 0 spiro atoms. The maximum atomic E-state index is 11.0. The molecule has 1 heterocycles. The van der Waals surface area contributed by atoms with Gasteiger partial charge in [0.25, 0.3) is 0 Å². The van der Waals surface area contributed by atoms with Crippen molar-refractivity contribution in [1.29, 1.82) is 0 Å². The first kappa shape index (κ1) is 11.9. The van der Waals surface area contributed by atoms with Crippen LogP contribution in [0.1, 0.15) is 39.0 Å². The van der Waals surface area contributed by atoms with E-state index in [2.05, 4.69) is 10.2 Å². The van der Waals surface area contributed by atoms with Crippen molar-refractivity contribution in [3.63, 3.8) is 0 Å². The lowest BCUT2D eigenvalue weighted by Gasteiger charge is -2.33. The second-order valence-electron chi connectivity index (χ2n) is 5.14. The van der Waals surface area contributed by atoms with Gasteiger partial charge in [0, 0.05) is 32.1 Å². The predicted octanol–water partition coefficient (Wildman–Crippen LogP) is 0.500. The van der Waals surface area contributed by atoms with Gasteiger partial charge in [-0.25, -0.2) is 0 Å². The Hall–Kier alpha value is -0.610. The van der Waals surface area contributed by atoms with Crippen molar-refractivity contribution in [2.24, 2.45) is 0 Å². The van der Waals surface area contributed by atoms with Crippen molar-refractivity contribution in [3.05, 3.63) is 0 Å². The Morgan fingerprint density at radius 2 is 1.94 bits per heavy atom. The quantitative estimate of drug-likeness (QED) is 0.721. The maximum Gasteiger partial charge on any atom is 0.217 e. The predicted molar refractivity (Wildman–Crippen MR) is 62.1 cm³/mol. The third-order valence-electron chi connectivity index (χ3n) is 3.81. The molecule has 0 aromatic carbocycles. The summed E-state index contributed by atoms with van der Waals surface area (Å²) in [5.41, 5.74) is 0. The summed E-state index contributed by atoms with van der Waals surface area (Å²) >= 11 is 0. The van der Waals surface area contributed by atoms with Crippen LogP contribution < -0.4 is 5.32 Å². The molecule has 4 heteroatoms. The summed E-state index contributed by atoms with van der Waals surface area (Å²) in [6.45, 7) is 3.66. The topological polar surface area (TPSA) is 52.6 Å². The smallest absolute Gasteiger partial charge is 0.217 e. The molecule has 0 aromatic heterocycles. The maximum absolute atomic E-state index is 11.0. The molecule has 92 valence electrons. The van der Waals surface area contributed by atoms with Crippen molar-refractivity contribution in [2.45, 2.75) is 57.2 Å². The van der Waals surface area contributed by atoms with E-state index in [1.807, 2.05) is 0 Å². The van der Waals surface area contributed by atoms with Crippen molar-refractivity contribution in [1.82, 2.24) is 10.2 Å². The number of rotatable bonds is 2. The standard InChI is InChI=1S/C12H22N2O2/c1-9(15)13-10-6-7-14(8-10)11-2-4-12(16)5-3-11/h10-12,16H,2-8H2,1H3,(H,13,15). The third-order valence-corrected chi connectivity index (χ3v) is 3.81.